The van der Waals surface area contributed by atoms with Crippen LogP contribution in [0, 0.1) is 5.92 Å². The second-order valence-corrected chi connectivity index (χ2v) is 7.29. The smallest absolute Gasteiger partial charge is 0.227 e. The lowest BCUT2D eigenvalue weighted by molar-refractivity contribution is -0.120. The van der Waals surface area contributed by atoms with Crippen LogP contribution in [0.15, 0.2) is 18.2 Å². The van der Waals surface area contributed by atoms with Crippen molar-refractivity contribution < 1.29 is 4.79 Å². The van der Waals surface area contributed by atoms with Gasteiger partial charge in [-0.2, -0.15) is 0 Å². The number of para-hydroxylation sites is 1. The number of benzene rings is 1. The highest BCUT2D eigenvalue weighted by atomic mass is 35.5. The number of hydrogen-bond acceptors (Lipinski definition) is 3. The molecule has 0 bridgehead atoms. The molecule has 1 N–H and O–H groups in total. The predicted molar refractivity (Wildman–Crippen MR) is 101 cm³/mol. The third-order valence-corrected chi connectivity index (χ3v) is 5.66. The molecule has 0 radical (unpaired) electrons. The van der Waals surface area contributed by atoms with Gasteiger partial charge in [-0.1, -0.05) is 43.9 Å². The number of carbonyl (C=O) groups is 1. The van der Waals surface area contributed by atoms with Gasteiger partial charge in [0.1, 0.15) is 0 Å². The van der Waals surface area contributed by atoms with Crippen LogP contribution >= 0.6 is 11.6 Å². The summed E-state index contributed by atoms with van der Waals surface area (Å²) in [6.07, 6.45) is 5.61. The van der Waals surface area contributed by atoms with Crippen molar-refractivity contribution in [2.24, 2.45) is 5.92 Å². The standard InChI is InChI=1S/C19H28ClN3O/c1-2-22-11-13-23(14-12-22)18-16(20)9-6-10-17(18)21-19(24)15-7-4-3-5-8-15/h6,9-10,15H,2-5,7-8,11-14H2,1H3,(H,21,24). The first kappa shape index (κ1) is 17.6. The quantitative estimate of drug-likeness (QED) is 0.892. The highest BCUT2D eigenvalue weighted by Crippen LogP contribution is 2.35. The molecule has 2 aliphatic rings. The number of likely N-dealkylation sites (N-methyl/N-ethyl adjacent to an activating group) is 1. The van der Waals surface area contributed by atoms with E-state index in [0.29, 0.717) is 0 Å². The molecule has 1 aromatic carbocycles. The van der Waals surface area contributed by atoms with Crippen LogP contribution in [0.1, 0.15) is 39.0 Å². The summed E-state index contributed by atoms with van der Waals surface area (Å²) in [6.45, 7) is 7.26. The van der Waals surface area contributed by atoms with E-state index >= 15 is 0 Å². The molecule has 2 fully saturated rings. The SMILES string of the molecule is CCN1CCN(c2c(Cl)cccc2NC(=O)C2CCCCC2)CC1. The second kappa shape index (κ2) is 8.21. The molecule has 24 heavy (non-hydrogen) atoms. The molecular weight excluding hydrogens is 322 g/mol. The number of piperazine rings is 1. The van der Waals surface area contributed by atoms with Crippen molar-refractivity contribution >= 4 is 28.9 Å². The van der Waals surface area contributed by atoms with E-state index in [4.69, 9.17) is 11.6 Å². The molecule has 3 rings (SSSR count). The van der Waals surface area contributed by atoms with Gasteiger partial charge in [0.05, 0.1) is 16.4 Å². The van der Waals surface area contributed by atoms with Gasteiger partial charge in [-0.15, -0.1) is 0 Å². The fourth-order valence-electron chi connectivity index (χ4n) is 3.82. The highest BCUT2D eigenvalue weighted by molar-refractivity contribution is 6.34. The predicted octanol–water partition coefficient (Wildman–Crippen LogP) is 4.00. The molecule has 1 aliphatic heterocycles. The van der Waals surface area contributed by atoms with Gasteiger partial charge in [-0.3, -0.25) is 4.79 Å². The first-order valence-corrected chi connectivity index (χ1v) is 9.63. The van der Waals surface area contributed by atoms with Crippen LogP contribution in [-0.2, 0) is 4.79 Å². The van der Waals surface area contributed by atoms with E-state index in [2.05, 4.69) is 22.0 Å². The number of amides is 1. The Morgan fingerprint density at radius 2 is 1.88 bits per heavy atom. The Kier molecular flexibility index (Phi) is 6.01. The Hall–Kier alpha value is -1.26. The first-order chi connectivity index (χ1) is 11.7. The van der Waals surface area contributed by atoms with Gasteiger partial charge in [-0.05, 0) is 31.5 Å². The van der Waals surface area contributed by atoms with Crippen LogP contribution < -0.4 is 10.2 Å². The number of halogens is 1. The lowest BCUT2D eigenvalue weighted by Gasteiger charge is -2.37. The number of anilines is 2. The Balaban J connectivity index is 1.74. The summed E-state index contributed by atoms with van der Waals surface area (Å²) in [5, 5.41) is 3.89. The second-order valence-electron chi connectivity index (χ2n) is 6.88. The van der Waals surface area contributed by atoms with Crippen LogP contribution in [0.25, 0.3) is 0 Å². The van der Waals surface area contributed by atoms with Crippen molar-refractivity contribution in [2.75, 3.05) is 42.9 Å². The number of rotatable bonds is 4. The van der Waals surface area contributed by atoms with Gasteiger partial charge in [0.25, 0.3) is 0 Å². The molecule has 0 unspecified atom stereocenters. The molecule has 1 saturated carbocycles. The fourth-order valence-corrected chi connectivity index (χ4v) is 4.12. The summed E-state index contributed by atoms with van der Waals surface area (Å²) in [5.41, 5.74) is 1.85. The van der Waals surface area contributed by atoms with Gasteiger partial charge >= 0.3 is 0 Å². The number of nitrogens with one attached hydrogen (secondary N) is 1. The molecule has 1 aliphatic carbocycles. The van der Waals surface area contributed by atoms with E-state index < -0.39 is 0 Å². The number of hydrogen-bond donors (Lipinski definition) is 1. The van der Waals surface area contributed by atoms with Crippen LogP contribution in [0.4, 0.5) is 11.4 Å². The molecule has 4 nitrogen and oxygen atoms in total. The molecule has 1 amide bonds. The Morgan fingerprint density at radius 3 is 2.54 bits per heavy atom. The fraction of sp³-hybridized carbons (Fsp3) is 0.632. The van der Waals surface area contributed by atoms with Crippen LogP contribution in [0.5, 0.6) is 0 Å². The molecule has 132 valence electrons. The minimum Gasteiger partial charge on any atom is -0.366 e. The highest BCUT2D eigenvalue weighted by Gasteiger charge is 2.24. The van der Waals surface area contributed by atoms with E-state index in [9.17, 15) is 4.79 Å². The molecule has 5 heteroatoms. The van der Waals surface area contributed by atoms with E-state index in [1.54, 1.807) is 0 Å². The average molecular weight is 350 g/mol. The zero-order valence-electron chi connectivity index (χ0n) is 14.6. The van der Waals surface area contributed by atoms with Crippen LogP contribution in [0.2, 0.25) is 5.02 Å². The van der Waals surface area contributed by atoms with Gasteiger partial charge in [0.2, 0.25) is 5.91 Å². The van der Waals surface area contributed by atoms with E-state index in [1.165, 1.54) is 19.3 Å². The van der Waals surface area contributed by atoms with Gasteiger partial charge < -0.3 is 15.1 Å². The van der Waals surface area contributed by atoms with E-state index in [-0.39, 0.29) is 11.8 Å². The maximum atomic E-state index is 12.6. The molecule has 0 aromatic heterocycles. The normalized spacial score (nSPS) is 20.2. The van der Waals surface area contributed by atoms with Gasteiger partial charge in [0, 0.05) is 32.1 Å². The minimum absolute atomic E-state index is 0.155. The summed E-state index contributed by atoms with van der Waals surface area (Å²) in [7, 11) is 0. The van der Waals surface area contributed by atoms with E-state index in [1.807, 2.05) is 18.2 Å². The first-order valence-electron chi connectivity index (χ1n) is 9.25. The summed E-state index contributed by atoms with van der Waals surface area (Å²) >= 11 is 6.50. The van der Waals surface area contributed by atoms with Crippen molar-refractivity contribution in [2.45, 2.75) is 39.0 Å². The van der Waals surface area contributed by atoms with Crippen molar-refractivity contribution in [3.05, 3.63) is 23.2 Å². The van der Waals surface area contributed by atoms with E-state index in [0.717, 1.165) is 62.0 Å². The zero-order chi connectivity index (χ0) is 16.9. The molecule has 1 saturated heterocycles. The van der Waals surface area contributed by atoms with Crippen molar-refractivity contribution in [1.82, 2.24) is 4.90 Å². The minimum atomic E-state index is 0.155. The van der Waals surface area contributed by atoms with Crippen LogP contribution in [0.3, 0.4) is 0 Å². The van der Waals surface area contributed by atoms with Gasteiger partial charge in [0.15, 0.2) is 0 Å². The summed E-state index contributed by atoms with van der Waals surface area (Å²) in [5.74, 6) is 0.313. The molecular formula is C19H28ClN3O. The Bertz CT molecular complexity index is 564. The van der Waals surface area contributed by atoms with Crippen LogP contribution in [-0.4, -0.2) is 43.5 Å². The lowest BCUT2D eigenvalue weighted by Crippen LogP contribution is -2.46. The topological polar surface area (TPSA) is 35.6 Å². The average Bonchev–Trinajstić information content (AvgIpc) is 2.63. The maximum Gasteiger partial charge on any atom is 0.227 e. The monoisotopic (exact) mass is 349 g/mol. The third-order valence-electron chi connectivity index (χ3n) is 5.36. The largest absolute Gasteiger partial charge is 0.366 e. The molecule has 1 aromatic rings. The van der Waals surface area contributed by atoms with Crippen molar-refractivity contribution in [3.63, 3.8) is 0 Å². The molecule has 1 heterocycles. The Morgan fingerprint density at radius 1 is 1.17 bits per heavy atom. The van der Waals surface area contributed by atoms with Gasteiger partial charge in [-0.25, -0.2) is 0 Å². The maximum absolute atomic E-state index is 12.6. The molecule has 0 spiro atoms. The summed E-state index contributed by atoms with van der Waals surface area (Å²) in [4.78, 5) is 17.4. The van der Waals surface area contributed by atoms with Crippen molar-refractivity contribution in [3.8, 4) is 0 Å². The lowest BCUT2D eigenvalue weighted by atomic mass is 9.88. The number of carbonyl (C=O) groups excluding carboxylic acids is 1. The Labute approximate surface area is 150 Å². The third kappa shape index (κ3) is 4.04. The number of nitrogens with zero attached hydrogens (tertiary/aromatic N) is 2. The molecule has 0 atom stereocenters. The zero-order valence-corrected chi connectivity index (χ0v) is 15.3. The summed E-state index contributed by atoms with van der Waals surface area (Å²) < 4.78 is 0. The van der Waals surface area contributed by atoms with Crippen molar-refractivity contribution in [1.29, 1.82) is 0 Å². The summed E-state index contributed by atoms with van der Waals surface area (Å²) in [6, 6.07) is 5.82.